The van der Waals surface area contributed by atoms with E-state index in [-0.39, 0.29) is 12.0 Å². The van der Waals surface area contributed by atoms with Crippen LogP contribution in [0.15, 0.2) is 11.1 Å². The molecule has 0 saturated heterocycles. The van der Waals surface area contributed by atoms with Gasteiger partial charge in [0.2, 0.25) is 0 Å². The highest BCUT2D eigenvalue weighted by Gasteiger charge is 2.35. The average Bonchev–Trinajstić information content (AvgIpc) is 2.94. The Hall–Kier alpha value is -0.350. The maximum atomic E-state index is 11.4. The van der Waals surface area contributed by atoms with Crippen molar-refractivity contribution in [1.29, 1.82) is 0 Å². The minimum atomic E-state index is -0.179. The van der Waals surface area contributed by atoms with Gasteiger partial charge in [-0.05, 0) is 19.8 Å². The summed E-state index contributed by atoms with van der Waals surface area (Å²) in [5, 5.41) is 0. The van der Waals surface area contributed by atoms with Crippen LogP contribution in [0.3, 0.4) is 0 Å². The fraction of sp³-hybridized carbons (Fsp3) is 0.700. The third kappa shape index (κ3) is 3.10. The first-order valence-corrected chi connectivity index (χ1v) is 5.52. The third-order valence-corrected chi connectivity index (χ3v) is 2.66. The van der Waals surface area contributed by atoms with Gasteiger partial charge in [-0.1, -0.05) is 22.5 Å². The van der Waals surface area contributed by atoms with Crippen LogP contribution < -0.4 is 0 Å². The molecule has 1 fully saturated rings. The van der Waals surface area contributed by atoms with E-state index >= 15 is 0 Å². The standard InChI is InChI=1S/C10H16BrNO2/c1-7(11)6-12(9-4-5-9)8(2)10(13)14-3/h8-9H,1,4-6H2,2-3H3/t8-/m0/s1. The van der Waals surface area contributed by atoms with Crippen molar-refractivity contribution in [3.63, 3.8) is 0 Å². The van der Waals surface area contributed by atoms with Crippen molar-refractivity contribution in [3.8, 4) is 0 Å². The molecule has 0 aromatic carbocycles. The summed E-state index contributed by atoms with van der Waals surface area (Å²) in [6.45, 7) is 6.38. The van der Waals surface area contributed by atoms with E-state index in [4.69, 9.17) is 4.74 Å². The highest BCUT2D eigenvalue weighted by atomic mass is 79.9. The number of rotatable bonds is 5. The molecular weight excluding hydrogens is 246 g/mol. The highest BCUT2D eigenvalue weighted by Crippen LogP contribution is 2.30. The predicted molar refractivity (Wildman–Crippen MR) is 59.3 cm³/mol. The number of esters is 1. The van der Waals surface area contributed by atoms with Crippen molar-refractivity contribution in [1.82, 2.24) is 4.90 Å². The van der Waals surface area contributed by atoms with Gasteiger partial charge in [0.1, 0.15) is 6.04 Å². The van der Waals surface area contributed by atoms with Crippen LogP contribution in [-0.4, -0.2) is 36.6 Å². The lowest BCUT2D eigenvalue weighted by Crippen LogP contribution is -2.41. The van der Waals surface area contributed by atoms with E-state index in [2.05, 4.69) is 27.4 Å². The van der Waals surface area contributed by atoms with Gasteiger partial charge in [0.25, 0.3) is 0 Å². The van der Waals surface area contributed by atoms with Crippen LogP contribution in [0.2, 0.25) is 0 Å². The van der Waals surface area contributed by atoms with Crippen molar-refractivity contribution >= 4 is 21.9 Å². The third-order valence-electron chi connectivity index (χ3n) is 2.41. The molecule has 1 aliphatic rings. The van der Waals surface area contributed by atoms with Crippen LogP contribution in [0, 0.1) is 0 Å². The summed E-state index contributed by atoms with van der Waals surface area (Å²) in [7, 11) is 1.42. The molecule has 1 aliphatic carbocycles. The fourth-order valence-corrected chi connectivity index (χ4v) is 1.78. The van der Waals surface area contributed by atoms with Crippen LogP contribution in [0.1, 0.15) is 19.8 Å². The van der Waals surface area contributed by atoms with Crippen molar-refractivity contribution < 1.29 is 9.53 Å². The maximum absolute atomic E-state index is 11.4. The Morgan fingerprint density at radius 2 is 2.29 bits per heavy atom. The van der Waals surface area contributed by atoms with Gasteiger partial charge in [-0.15, -0.1) is 0 Å². The molecule has 0 bridgehead atoms. The molecular formula is C10H16BrNO2. The fourth-order valence-electron chi connectivity index (χ4n) is 1.49. The summed E-state index contributed by atoms with van der Waals surface area (Å²) in [5.41, 5.74) is 0. The number of methoxy groups -OCH3 is 1. The van der Waals surface area contributed by atoms with Crippen LogP contribution in [-0.2, 0) is 9.53 Å². The van der Waals surface area contributed by atoms with Crippen molar-refractivity contribution in [2.75, 3.05) is 13.7 Å². The van der Waals surface area contributed by atoms with Gasteiger partial charge in [-0.25, -0.2) is 0 Å². The molecule has 0 N–H and O–H groups in total. The lowest BCUT2D eigenvalue weighted by Gasteiger charge is -2.26. The molecule has 0 heterocycles. The van der Waals surface area contributed by atoms with E-state index in [1.165, 1.54) is 20.0 Å². The molecule has 0 amide bonds. The molecule has 1 rings (SSSR count). The molecule has 1 saturated carbocycles. The van der Waals surface area contributed by atoms with E-state index in [1.807, 2.05) is 6.92 Å². The number of halogens is 1. The number of nitrogens with zero attached hydrogens (tertiary/aromatic N) is 1. The number of carbonyl (C=O) groups is 1. The zero-order valence-electron chi connectivity index (χ0n) is 8.62. The Morgan fingerprint density at radius 1 is 1.71 bits per heavy atom. The van der Waals surface area contributed by atoms with Crippen LogP contribution in [0.4, 0.5) is 0 Å². The topological polar surface area (TPSA) is 29.5 Å². The monoisotopic (exact) mass is 261 g/mol. The number of hydrogen-bond donors (Lipinski definition) is 0. The first kappa shape index (κ1) is 11.7. The molecule has 0 spiro atoms. The molecule has 0 radical (unpaired) electrons. The molecule has 0 unspecified atom stereocenters. The SMILES string of the molecule is C=C(Br)CN(C1CC1)[C@@H](C)C(=O)OC. The minimum absolute atomic E-state index is 0.175. The summed E-state index contributed by atoms with van der Waals surface area (Å²) < 4.78 is 5.63. The Balaban J connectivity index is 2.56. The largest absolute Gasteiger partial charge is 0.468 e. The summed E-state index contributed by atoms with van der Waals surface area (Å²) in [6, 6.07) is 0.347. The molecule has 80 valence electrons. The van der Waals surface area contributed by atoms with Gasteiger partial charge in [-0.3, -0.25) is 9.69 Å². The zero-order chi connectivity index (χ0) is 10.7. The van der Waals surface area contributed by atoms with E-state index in [0.29, 0.717) is 12.6 Å². The van der Waals surface area contributed by atoms with Gasteiger partial charge in [0.15, 0.2) is 0 Å². The summed E-state index contributed by atoms with van der Waals surface area (Å²) >= 11 is 3.32. The average molecular weight is 262 g/mol. The molecule has 0 aromatic heterocycles. The first-order chi connectivity index (χ1) is 6.56. The molecule has 14 heavy (non-hydrogen) atoms. The number of hydrogen-bond acceptors (Lipinski definition) is 3. The normalized spacial score (nSPS) is 18.0. The van der Waals surface area contributed by atoms with Gasteiger partial charge < -0.3 is 4.74 Å². The lowest BCUT2D eigenvalue weighted by atomic mass is 10.2. The summed E-state index contributed by atoms with van der Waals surface area (Å²) in [5.74, 6) is -0.175. The van der Waals surface area contributed by atoms with Crippen molar-refractivity contribution in [2.45, 2.75) is 31.8 Å². The van der Waals surface area contributed by atoms with Crippen LogP contribution in [0.25, 0.3) is 0 Å². The number of carbonyl (C=O) groups excluding carboxylic acids is 1. The first-order valence-electron chi connectivity index (χ1n) is 4.73. The summed E-state index contributed by atoms with van der Waals surface area (Å²) in [6.07, 6.45) is 2.34. The second kappa shape index (κ2) is 4.94. The number of ether oxygens (including phenoxy) is 1. The Labute approximate surface area is 93.2 Å². The molecule has 3 nitrogen and oxygen atoms in total. The van der Waals surface area contributed by atoms with Gasteiger partial charge in [0, 0.05) is 17.1 Å². The summed E-state index contributed by atoms with van der Waals surface area (Å²) in [4.78, 5) is 13.5. The predicted octanol–water partition coefficient (Wildman–Crippen LogP) is 1.92. The van der Waals surface area contributed by atoms with E-state index in [9.17, 15) is 4.79 Å². The van der Waals surface area contributed by atoms with E-state index in [0.717, 1.165) is 4.48 Å². The Morgan fingerprint density at radius 3 is 2.64 bits per heavy atom. The van der Waals surface area contributed by atoms with Crippen molar-refractivity contribution in [3.05, 3.63) is 11.1 Å². The Bertz CT molecular complexity index is 238. The van der Waals surface area contributed by atoms with Gasteiger partial charge in [-0.2, -0.15) is 0 Å². The molecule has 0 aliphatic heterocycles. The van der Waals surface area contributed by atoms with Crippen LogP contribution >= 0.6 is 15.9 Å². The second-order valence-electron chi connectivity index (χ2n) is 3.62. The zero-order valence-corrected chi connectivity index (χ0v) is 10.2. The molecule has 4 heteroatoms. The highest BCUT2D eigenvalue weighted by molar-refractivity contribution is 9.11. The van der Waals surface area contributed by atoms with E-state index in [1.54, 1.807) is 0 Å². The van der Waals surface area contributed by atoms with E-state index < -0.39 is 0 Å². The van der Waals surface area contributed by atoms with Gasteiger partial charge >= 0.3 is 5.97 Å². The lowest BCUT2D eigenvalue weighted by molar-refractivity contribution is -0.146. The second-order valence-corrected chi connectivity index (χ2v) is 4.74. The molecule has 0 aromatic rings. The minimum Gasteiger partial charge on any atom is -0.468 e. The van der Waals surface area contributed by atoms with Crippen molar-refractivity contribution in [2.24, 2.45) is 0 Å². The maximum Gasteiger partial charge on any atom is 0.322 e. The smallest absolute Gasteiger partial charge is 0.322 e. The van der Waals surface area contributed by atoms with Crippen LogP contribution in [0.5, 0.6) is 0 Å². The quantitative estimate of drug-likeness (QED) is 0.709. The van der Waals surface area contributed by atoms with Gasteiger partial charge in [0.05, 0.1) is 7.11 Å². The molecule has 1 atom stereocenters. The Kier molecular flexibility index (Phi) is 4.13.